The van der Waals surface area contributed by atoms with Gasteiger partial charge in [0.15, 0.2) is 11.2 Å². The second-order valence-electron chi connectivity index (χ2n) is 9.67. The molecule has 37 heavy (non-hydrogen) atoms. The van der Waals surface area contributed by atoms with E-state index in [0.29, 0.717) is 28.0 Å². The van der Waals surface area contributed by atoms with Crippen molar-refractivity contribution in [3.63, 3.8) is 0 Å². The summed E-state index contributed by atoms with van der Waals surface area (Å²) < 4.78 is 5.24. The Morgan fingerprint density at radius 2 is 1.19 bits per heavy atom. The van der Waals surface area contributed by atoms with E-state index in [1.807, 2.05) is 12.1 Å². The number of hydrogen-bond donors (Lipinski definition) is 0. The Balaban J connectivity index is 1.32. The van der Waals surface area contributed by atoms with Crippen LogP contribution in [0.3, 0.4) is 0 Å². The number of aromatic nitrogens is 3. The molecule has 4 aromatic carbocycles. The molecule has 172 valence electrons. The highest BCUT2D eigenvalue weighted by molar-refractivity contribution is 6.01. The van der Waals surface area contributed by atoms with Crippen LogP contribution in [0.15, 0.2) is 89.6 Å². The molecule has 2 aliphatic carbocycles. The van der Waals surface area contributed by atoms with Crippen LogP contribution in [0.25, 0.3) is 55.7 Å². The van der Waals surface area contributed by atoms with E-state index in [1.54, 1.807) is 0 Å². The van der Waals surface area contributed by atoms with Gasteiger partial charge in [-0.3, -0.25) is 0 Å². The molecule has 2 aromatic heterocycles. The minimum Gasteiger partial charge on any atom is -0.243 e. The van der Waals surface area contributed by atoms with E-state index in [0.717, 1.165) is 24.0 Å². The van der Waals surface area contributed by atoms with E-state index in [2.05, 4.69) is 89.2 Å². The highest BCUT2D eigenvalue weighted by atomic mass is 16.6. The lowest BCUT2D eigenvalue weighted by atomic mass is 9.95. The van der Waals surface area contributed by atoms with Crippen molar-refractivity contribution in [2.45, 2.75) is 12.8 Å². The van der Waals surface area contributed by atoms with Crippen molar-refractivity contribution >= 4 is 11.0 Å². The summed E-state index contributed by atoms with van der Waals surface area (Å²) in [5.74, 6) is 0. The van der Waals surface area contributed by atoms with E-state index >= 15 is 0 Å². The Kier molecular flexibility index (Phi) is 4.06. The summed E-state index contributed by atoms with van der Waals surface area (Å²) in [7, 11) is 0. The third-order valence-electron chi connectivity index (χ3n) is 7.67. The lowest BCUT2D eigenvalue weighted by Gasteiger charge is -2.11. The van der Waals surface area contributed by atoms with Crippen molar-refractivity contribution in [3.8, 4) is 50.7 Å². The van der Waals surface area contributed by atoms with Crippen LogP contribution in [0.2, 0.25) is 0 Å². The van der Waals surface area contributed by atoms with Crippen LogP contribution in [0.4, 0.5) is 0 Å². The van der Waals surface area contributed by atoms with Crippen molar-refractivity contribution in [1.29, 1.82) is 5.26 Å². The van der Waals surface area contributed by atoms with Crippen LogP contribution < -0.4 is 0 Å². The van der Waals surface area contributed by atoms with Crippen LogP contribution in [0, 0.1) is 11.3 Å². The highest BCUT2D eigenvalue weighted by Gasteiger charge is 2.25. The molecule has 2 heterocycles. The van der Waals surface area contributed by atoms with Crippen LogP contribution in [0.5, 0.6) is 0 Å². The normalized spacial score (nSPS) is 12.6. The summed E-state index contributed by atoms with van der Waals surface area (Å²) in [5.41, 5.74) is 14.5. The first kappa shape index (κ1) is 20.1. The van der Waals surface area contributed by atoms with E-state index in [-0.39, 0.29) is 0 Å². The molecule has 5 nitrogen and oxygen atoms in total. The Labute approximate surface area is 212 Å². The van der Waals surface area contributed by atoms with Gasteiger partial charge < -0.3 is 0 Å². The monoisotopic (exact) mass is 474 g/mol. The molecule has 0 aliphatic heterocycles. The molecule has 0 radical (unpaired) electrons. The van der Waals surface area contributed by atoms with Gasteiger partial charge in [0, 0.05) is 11.1 Å². The molecule has 0 bridgehead atoms. The maximum absolute atomic E-state index is 10.2. The number of nitriles is 1. The second-order valence-corrected chi connectivity index (χ2v) is 9.67. The molecule has 0 unspecified atom stereocenters. The first-order valence-corrected chi connectivity index (χ1v) is 12.3. The molecular formula is C32H18N4O. The summed E-state index contributed by atoms with van der Waals surface area (Å²) in [6, 6.07) is 31.9. The van der Waals surface area contributed by atoms with Crippen molar-refractivity contribution < 1.29 is 4.63 Å². The zero-order valence-corrected chi connectivity index (χ0v) is 19.7. The number of rotatable bonds is 2. The Morgan fingerprint density at radius 3 is 1.86 bits per heavy atom. The smallest absolute Gasteiger partial charge is 0.162 e. The van der Waals surface area contributed by atoms with Crippen LogP contribution in [0.1, 0.15) is 27.9 Å². The fourth-order valence-corrected chi connectivity index (χ4v) is 5.95. The Morgan fingerprint density at radius 1 is 0.622 bits per heavy atom. The van der Waals surface area contributed by atoms with Gasteiger partial charge in [-0.25, -0.2) is 9.61 Å². The number of hydrogen-bond acceptors (Lipinski definition) is 5. The first-order chi connectivity index (χ1) is 18.3. The van der Waals surface area contributed by atoms with Gasteiger partial charge in [0.05, 0.1) is 0 Å². The van der Waals surface area contributed by atoms with E-state index < -0.39 is 0 Å². The highest BCUT2D eigenvalue weighted by Crippen LogP contribution is 2.43. The predicted molar refractivity (Wildman–Crippen MR) is 142 cm³/mol. The minimum absolute atomic E-state index is 0.310. The predicted octanol–water partition coefficient (Wildman–Crippen LogP) is 6.97. The summed E-state index contributed by atoms with van der Waals surface area (Å²) in [6.07, 6.45) is 1.83. The average molecular weight is 475 g/mol. The summed E-state index contributed by atoms with van der Waals surface area (Å²) in [6.45, 7) is 0. The standard InChI is InChI=1S/C32H18N4O/c33-17-28-29(22-11-9-20-13-18-5-1-3-7-24(18)26(20)15-22)31-32(36-37-35-31)30(34-28)23-12-10-21-14-19-6-2-4-8-25(19)27(21)16-23/h1-12,15-16H,13-14H2. The van der Waals surface area contributed by atoms with Crippen LogP contribution >= 0.6 is 0 Å². The molecule has 0 saturated heterocycles. The van der Waals surface area contributed by atoms with Gasteiger partial charge in [0.2, 0.25) is 0 Å². The molecule has 0 fully saturated rings. The molecule has 0 spiro atoms. The average Bonchev–Trinajstić information content (AvgIpc) is 3.66. The molecule has 0 saturated carbocycles. The fraction of sp³-hybridized carbons (Fsp3) is 0.0625. The molecular weight excluding hydrogens is 456 g/mol. The zero-order chi connectivity index (χ0) is 24.5. The van der Waals surface area contributed by atoms with Crippen molar-refractivity contribution in [3.05, 3.63) is 113 Å². The van der Waals surface area contributed by atoms with Gasteiger partial charge in [0.1, 0.15) is 17.3 Å². The fourth-order valence-electron chi connectivity index (χ4n) is 5.95. The first-order valence-electron chi connectivity index (χ1n) is 12.3. The van der Waals surface area contributed by atoms with Gasteiger partial charge in [-0.05, 0) is 85.4 Å². The Hall–Kier alpha value is -5.08. The second kappa shape index (κ2) is 7.46. The summed E-state index contributed by atoms with van der Waals surface area (Å²) >= 11 is 0. The van der Waals surface area contributed by atoms with Gasteiger partial charge in [0.25, 0.3) is 0 Å². The van der Waals surface area contributed by atoms with Crippen LogP contribution in [-0.4, -0.2) is 15.3 Å². The van der Waals surface area contributed by atoms with Gasteiger partial charge in [-0.2, -0.15) is 5.26 Å². The molecule has 2 aliphatic rings. The van der Waals surface area contributed by atoms with Crippen molar-refractivity contribution in [1.82, 2.24) is 15.3 Å². The topological polar surface area (TPSA) is 75.6 Å². The molecule has 5 heteroatoms. The van der Waals surface area contributed by atoms with E-state index in [1.165, 1.54) is 44.5 Å². The summed E-state index contributed by atoms with van der Waals surface area (Å²) in [5, 5.41) is 18.7. The lowest BCUT2D eigenvalue weighted by Crippen LogP contribution is -1.97. The van der Waals surface area contributed by atoms with E-state index in [9.17, 15) is 5.26 Å². The molecule has 0 amide bonds. The third kappa shape index (κ3) is 2.87. The third-order valence-corrected chi connectivity index (χ3v) is 7.67. The molecule has 0 atom stereocenters. The SMILES string of the molecule is N#Cc1nc(-c2ccc3c(c2)-c2ccccc2C3)c2nonc2c1-c1ccc2c(c1)-c1ccccc1C2. The van der Waals surface area contributed by atoms with Gasteiger partial charge in [-0.15, -0.1) is 0 Å². The van der Waals surface area contributed by atoms with Gasteiger partial charge >= 0.3 is 0 Å². The molecule has 8 rings (SSSR count). The van der Waals surface area contributed by atoms with Gasteiger partial charge in [-0.1, -0.05) is 72.8 Å². The zero-order valence-electron chi connectivity index (χ0n) is 19.7. The number of benzene rings is 4. The van der Waals surface area contributed by atoms with Crippen molar-refractivity contribution in [2.24, 2.45) is 0 Å². The van der Waals surface area contributed by atoms with Crippen molar-refractivity contribution in [2.75, 3.05) is 0 Å². The summed E-state index contributed by atoms with van der Waals surface area (Å²) in [4.78, 5) is 4.83. The quantitative estimate of drug-likeness (QED) is 0.271. The van der Waals surface area contributed by atoms with E-state index in [4.69, 9.17) is 9.61 Å². The number of fused-ring (bicyclic) bond motifs is 7. The molecule has 0 N–H and O–H groups in total. The lowest BCUT2D eigenvalue weighted by molar-refractivity contribution is 0.315. The maximum Gasteiger partial charge on any atom is 0.162 e. The number of pyridine rings is 1. The van der Waals surface area contributed by atoms with Crippen LogP contribution in [-0.2, 0) is 12.8 Å². The Bertz CT molecular complexity index is 1960. The minimum atomic E-state index is 0.310. The largest absolute Gasteiger partial charge is 0.243 e. The maximum atomic E-state index is 10.2. The number of nitrogens with zero attached hydrogens (tertiary/aromatic N) is 4. The molecule has 6 aromatic rings.